The molecule has 0 saturated heterocycles. The van der Waals surface area contributed by atoms with E-state index >= 15 is 0 Å². The van der Waals surface area contributed by atoms with Crippen LogP contribution in [-0.4, -0.2) is 47.7 Å². The first-order valence-corrected chi connectivity index (χ1v) is 9.86. The Morgan fingerprint density at radius 3 is 1.86 bits per heavy atom. The van der Waals surface area contributed by atoms with Crippen LogP contribution in [0.3, 0.4) is 0 Å². The zero-order valence-corrected chi connectivity index (χ0v) is 18.2. The summed E-state index contributed by atoms with van der Waals surface area (Å²) in [6.07, 6.45) is 0. The molecule has 0 fully saturated rings. The van der Waals surface area contributed by atoms with Crippen molar-refractivity contribution in [2.75, 3.05) is 26.4 Å². The molecule has 0 spiro atoms. The van der Waals surface area contributed by atoms with Gasteiger partial charge in [-0.25, -0.2) is 4.39 Å². The second-order valence-electron chi connectivity index (χ2n) is 7.43. The summed E-state index contributed by atoms with van der Waals surface area (Å²) in [4.78, 5) is 57.0. The highest BCUT2D eigenvalue weighted by Gasteiger charge is 2.38. The third-order valence-electron chi connectivity index (χ3n) is 4.88. The predicted octanol–water partition coefficient (Wildman–Crippen LogP) is 2.75. The number of hydrogen-bond donors (Lipinski definition) is 0. The highest BCUT2D eigenvalue weighted by molar-refractivity contribution is 5.78. The normalized spacial score (nSPS) is 11.7. The Morgan fingerprint density at radius 2 is 1.40 bits per heavy atom. The molecule has 14 nitrogen and oxygen atoms in total. The molecule has 1 atom stereocenters. The van der Waals surface area contributed by atoms with Crippen molar-refractivity contribution in [3.63, 3.8) is 0 Å². The zero-order valence-electron chi connectivity index (χ0n) is 18.2. The minimum absolute atomic E-state index is 0.238. The molecule has 0 aliphatic rings. The molecule has 2 aromatic carbocycles. The Balaban J connectivity index is 2.18. The lowest BCUT2D eigenvalue weighted by Gasteiger charge is -2.30. The lowest BCUT2D eigenvalue weighted by molar-refractivity contribution is -0.782. The quantitative estimate of drug-likeness (QED) is 0.212. The smallest absolute Gasteiger partial charge is 0.313 e. The van der Waals surface area contributed by atoms with Gasteiger partial charge in [-0.1, -0.05) is 42.5 Å². The summed E-state index contributed by atoms with van der Waals surface area (Å²) in [5.41, 5.74) is -0.813. The fourth-order valence-corrected chi connectivity index (χ4v) is 2.96. The number of benzene rings is 2. The van der Waals surface area contributed by atoms with Gasteiger partial charge in [0.25, 0.3) is 15.3 Å². The Labute approximate surface area is 196 Å². The van der Waals surface area contributed by atoms with Crippen molar-refractivity contribution >= 4 is 5.97 Å². The van der Waals surface area contributed by atoms with Gasteiger partial charge in [0, 0.05) is 5.56 Å². The van der Waals surface area contributed by atoms with E-state index in [1.807, 2.05) is 0 Å². The van der Waals surface area contributed by atoms with Crippen molar-refractivity contribution in [1.82, 2.24) is 0 Å². The monoisotopic (exact) mass is 497 g/mol. The van der Waals surface area contributed by atoms with Gasteiger partial charge in [-0.3, -0.25) is 4.79 Å². The van der Waals surface area contributed by atoms with Crippen LogP contribution in [0.2, 0.25) is 0 Å². The maximum absolute atomic E-state index is 14.7. The number of ether oxygens (including phenoxy) is 1. The molecule has 0 amide bonds. The van der Waals surface area contributed by atoms with Crippen molar-refractivity contribution in [3.05, 3.63) is 90.3 Å². The summed E-state index contributed by atoms with van der Waals surface area (Å²) in [5, 5.41) is 28.1. The minimum Gasteiger partial charge on any atom is -0.464 e. The third kappa shape index (κ3) is 8.06. The van der Waals surface area contributed by atoms with Crippen LogP contribution in [0.5, 0.6) is 0 Å². The first kappa shape index (κ1) is 26.7. The topological polar surface area (TPSA) is 183 Å². The van der Waals surface area contributed by atoms with Crippen LogP contribution in [0.25, 0.3) is 11.1 Å². The number of esters is 1. The van der Waals surface area contributed by atoms with E-state index in [0.29, 0.717) is 11.1 Å². The van der Waals surface area contributed by atoms with Crippen molar-refractivity contribution in [1.29, 1.82) is 0 Å². The van der Waals surface area contributed by atoms with E-state index in [1.54, 1.807) is 30.3 Å². The largest absolute Gasteiger partial charge is 0.464 e. The number of carbonyl (C=O) groups excluding carboxylic acids is 1. The van der Waals surface area contributed by atoms with Crippen LogP contribution < -0.4 is 0 Å². The molecule has 0 radical (unpaired) electrons. The number of nitrogens with zero attached hydrogens (tertiary/aromatic N) is 3. The Bertz CT molecular complexity index is 1020. The van der Waals surface area contributed by atoms with E-state index in [4.69, 9.17) is 4.74 Å². The standard InChI is InChI=1S/C20H20FN3O11/c1-14(16-7-8-17(18(21)9-16)15-5-3-2-4-6-15)19(25)32-10-20(11-33-22(26)27,12-34-23(28)29)13-35-24(30)31/h2-9,14H,10-13H2,1H3/t14-/m0/s1. The molecule has 0 aliphatic carbocycles. The van der Waals surface area contributed by atoms with Gasteiger partial charge in [-0.15, -0.1) is 30.3 Å². The van der Waals surface area contributed by atoms with Gasteiger partial charge in [0.05, 0.1) is 11.3 Å². The highest BCUT2D eigenvalue weighted by Crippen LogP contribution is 2.28. The molecular weight excluding hydrogens is 477 g/mol. The second kappa shape index (κ2) is 12.1. The van der Waals surface area contributed by atoms with Gasteiger partial charge in [0.1, 0.15) is 32.2 Å². The molecule has 0 bridgehead atoms. The first-order valence-electron chi connectivity index (χ1n) is 9.86. The lowest BCUT2D eigenvalue weighted by Crippen LogP contribution is -2.44. The van der Waals surface area contributed by atoms with E-state index in [1.165, 1.54) is 19.1 Å². The Hall–Kier alpha value is -4.56. The fraction of sp³-hybridized carbons (Fsp3) is 0.350. The Morgan fingerprint density at radius 1 is 0.886 bits per heavy atom. The molecule has 0 aromatic heterocycles. The Kier molecular flexibility index (Phi) is 9.19. The molecule has 0 aliphatic heterocycles. The van der Waals surface area contributed by atoms with Gasteiger partial charge < -0.3 is 19.2 Å². The van der Waals surface area contributed by atoms with E-state index in [0.717, 1.165) is 6.07 Å². The predicted molar refractivity (Wildman–Crippen MR) is 112 cm³/mol. The fourth-order valence-electron chi connectivity index (χ4n) is 2.96. The lowest BCUT2D eigenvalue weighted by atomic mass is 9.92. The highest BCUT2D eigenvalue weighted by atomic mass is 19.1. The number of hydrogen-bond acceptors (Lipinski definition) is 11. The number of rotatable bonds is 14. The van der Waals surface area contributed by atoms with Crippen LogP contribution >= 0.6 is 0 Å². The van der Waals surface area contributed by atoms with E-state index < -0.39 is 64.8 Å². The average molecular weight is 497 g/mol. The molecule has 0 heterocycles. The molecule has 0 saturated carbocycles. The van der Waals surface area contributed by atoms with E-state index in [9.17, 15) is 39.5 Å². The van der Waals surface area contributed by atoms with E-state index in [-0.39, 0.29) is 5.56 Å². The molecule has 0 unspecified atom stereocenters. The maximum Gasteiger partial charge on any atom is 0.313 e. The maximum atomic E-state index is 14.7. The van der Waals surface area contributed by atoms with Gasteiger partial charge in [-0.2, -0.15) is 0 Å². The van der Waals surface area contributed by atoms with Gasteiger partial charge in [0.15, 0.2) is 0 Å². The SMILES string of the molecule is C[C@H](C(=O)OCC(CO[N+](=O)[O-])(CO[N+](=O)[O-])CO[N+](=O)[O-])c1ccc(-c2ccccc2)c(F)c1. The summed E-state index contributed by atoms with van der Waals surface area (Å²) < 4.78 is 19.8. The van der Waals surface area contributed by atoms with Gasteiger partial charge >= 0.3 is 5.97 Å². The molecule has 2 rings (SSSR count). The summed E-state index contributed by atoms with van der Waals surface area (Å²) in [5.74, 6) is -2.57. The molecule has 188 valence electrons. The minimum atomic E-state index is -1.98. The second-order valence-corrected chi connectivity index (χ2v) is 7.43. The van der Waals surface area contributed by atoms with Crippen molar-refractivity contribution < 1.29 is 43.7 Å². The average Bonchev–Trinajstić information content (AvgIpc) is 2.82. The third-order valence-corrected chi connectivity index (χ3v) is 4.88. The van der Waals surface area contributed by atoms with Crippen molar-refractivity contribution in [2.24, 2.45) is 5.41 Å². The summed E-state index contributed by atoms with van der Waals surface area (Å²) >= 11 is 0. The van der Waals surface area contributed by atoms with Crippen LogP contribution in [0.4, 0.5) is 4.39 Å². The summed E-state index contributed by atoms with van der Waals surface area (Å²) in [7, 11) is 0. The zero-order chi connectivity index (χ0) is 26.0. The van der Waals surface area contributed by atoms with Gasteiger partial charge in [-0.05, 0) is 24.1 Å². The molecule has 15 heteroatoms. The van der Waals surface area contributed by atoms with E-state index in [2.05, 4.69) is 14.5 Å². The summed E-state index contributed by atoms with van der Waals surface area (Å²) in [6.45, 7) is -2.39. The molecule has 0 N–H and O–H groups in total. The van der Waals surface area contributed by atoms with Crippen LogP contribution in [-0.2, 0) is 24.0 Å². The summed E-state index contributed by atoms with van der Waals surface area (Å²) in [6, 6.07) is 12.8. The molecular formula is C20H20FN3O11. The van der Waals surface area contributed by atoms with Crippen LogP contribution in [0.15, 0.2) is 48.5 Å². The number of carbonyl (C=O) groups is 1. The molecule has 35 heavy (non-hydrogen) atoms. The first-order chi connectivity index (χ1) is 16.5. The van der Waals surface area contributed by atoms with Crippen molar-refractivity contribution in [2.45, 2.75) is 12.8 Å². The van der Waals surface area contributed by atoms with Crippen LogP contribution in [0, 0.1) is 41.6 Å². The molecule has 2 aromatic rings. The number of halogens is 1. The van der Waals surface area contributed by atoms with Gasteiger partial charge in [0.2, 0.25) is 0 Å². The van der Waals surface area contributed by atoms with Crippen LogP contribution in [0.1, 0.15) is 18.4 Å². The van der Waals surface area contributed by atoms with Crippen molar-refractivity contribution in [3.8, 4) is 11.1 Å².